The van der Waals surface area contributed by atoms with Crippen molar-refractivity contribution in [3.8, 4) is 0 Å². The molecule has 0 unspecified atom stereocenters. The van der Waals surface area contributed by atoms with Crippen LogP contribution < -0.4 is 0 Å². The highest BCUT2D eigenvalue weighted by Gasteiger charge is 2.32. The number of ketones is 1. The number of carbonyl (C=O) groups is 2. The second-order valence-electron chi connectivity index (χ2n) is 10.9. The molecule has 7 heteroatoms. The minimum atomic E-state index is -0.310. The number of aromatic nitrogens is 2. The average molecular weight is 511 g/mol. The molecule has 0 radical (unpaired) electrons. The number of hydrogen-bond donors (Lipinski definition) is 0. The second kappa shape index (κ2) is 8.86. The molecule has 0 spiro atoms. The summed E-state index contributed by atoms with van der Waals surface area (Å²) < 4.78 is 19.3. The Morgan fingerprint density at radius 2 is 1.68 bits per heavy atom. The lowest BCUT2D eigenvalue weighted by Crippen LogP contribution is -2.45. The topological polar surface area (TPSA) is 50.5 Å². The maximum Gasteiger partial charge on any atom is 0.320 e. The van der Waals surface area contributed by atoms with Crippen molar-refractivity contribution in [3.63, 3.8) is 0 Å². The van der Waals surface area contributed by atoms with Crippen LogP contribution in [0.25, 0.3) is 33.0 Å². The van der Waals surface area contributed by atoms with Gasteiger partial charge in [-0.15, -0.1) is 0 Å². The van der Waals surface area contributed by atoms with Crippen molar-refractivity contribution in [1.29, 1.82) is 0 Å². The van der Waals surface area contributed by atoms with Gasteiger partial charge in [0.05, 0.1) is 5.52 Å². The van der Waals surface area contributed by atoms with Crippen LogP contribution >= 0.6 is 0 Å². The Morgan fingerprint density at radius 3 is 2.53 bits per heavy atom. The zero-order valence-electron chi connectivity index (χ0n) is 21.7. The lowest BCUT2D eigenvalue weighted by atomic mass is 9.95. The van der Waals surface area contributed by atoms with Gasteiger partial charge in [-0.25, -0.2) is 9.18 Å². The number of carbonyl (C=O) groups excluding carboxylic acids is 2. The number of benzene rings is 2. The number of amides is 2. The predicted octanol–water partition coefficient (Wildman–Crippen LogP) is 5.97. The molecular weight excluding hydrogens is 479 g/mol. The Morgan fingerprint density at radius 1 is 0.868 bits per heavy atom. The summed E-state index contributed by atoms with van der Waals surface area (Å²) in [6.07, 6.45) is 8.48. The number of likely N-dealkylation sites (tertiary alicyclic amines) is 1. The van der Waals surface area contributed by atoms with Crippen LogP contribution in [0.2, 0.25) is 0 Å². The highest BCUT2D eigenvalue weighted by atomic mass is 19.1. The summed E-state index contributed by atoms with van der Waals surface area (Å²) in [7, 11) is 2.00. The van der Waals surface area contributed by atoms with Gasteiger partial charge in [-0.2, -0.15) is 0 Å². The van der Waals surface area contributed by atoms with Crippen LogP contribution in [0.4, 0.5) is 9.18 Å². The lowest BCUT2D eigenvalue weighted by molar-refractivity contribution is -0.113. The Labute approximate surface area is 220 Å². The maximum absolute atomic E-state index is 15.1. The third kappa shape index (κ3) is 3.59. The molecule has 7 rings (SSSR count). The Kier molecular flexibility index (Phi) is 5.42. The van der Waals surface area contributed by atoms with Gasteiger partial charge in [0, 0.05) is 91.6 Å². The molecule has 4 aromatic rings. The molecule has 2 amide bonds. The number of urea groups is 1. The summed E-state index contributed by atoms with van der Waals surface area (Å²) in [5.41, 5.74) is 6.51. The van der Waals surface area contributed by atoms with E-state index in [1.54, 1.807) is 12.1 Å². The normalized spacial score (nSPS) is 18.2. The van der Waals surface area contributed by atoms with Crippen LogP contribution in [0.3, 0.4) is 0 Å². The molecule has 0 N–H and O–H groups in total. The molecule has 1 fully saturated rings. The van der Waals surface area contributed by atoms with Crippen molar-refractivity contribution in [2.45, 2.75) is 45.2 Å². The molecule has 3 aliphatic rings. The van der Waals surface area contributed by atoms with Crippen LogP contribution in [0.1, 0.15) is 48.8 Å². The smallest absolute Gasteiger partial charge is 0.320 e. The Hall–Kier alpha value is -3.87. The van der Waals surface area contributed by atoms with E-state index in [0.29, 0.717) is 32.5 Å². The van der Waals surface area contributed by atoms with Crippen molar-refractivity contribution in [1.82, 2.24) is 18.9 Å². The van der Waals surface area contributed by atoms with Gasteiger partial charge in [-0.3, -0.25) is 4.79 Å². The first kappa shape index (κ1) is 23.3. The highest BCUT2D eigenvalue weighted by Crippen LogP contribution is 2.44. The molecule has 4 heterocycles. The summed E-state index contributed by atoms with van der Waals surface area (Å²) in [5, 5.41) is 1.89. The molecule has 6 nitrogen and oxygen atoms in total. The van der Waals surface area contributed by atoms with Crippen LogP contribution in [0.5, 0.6) is 0 Å². The van der Waals surface area contributed by atoms with Gasteiger partial charge in [0.2, 0.25) is 0 Å². The summed E-state index contributed by atoms with van der Waals surface area (Å²) >= 11 is 0. The van der Waals surface area contributed by atoms with E-state index in [-0.39, 0.29) is 17.6 Å². The molecule has 0 bridgehead atoms. The molecule has 1 aliphatic carbocycles. The van der Waals surface area contributed by atoms with E-state index in [1.165, 1.54) is 6.42 Å². The van der Waals surface area contributed by atoms with Crippen molar-refractivity contribution in [2.75, 3.05) is 19.6 Å². The number of allylic oxidation sites excluding steroid dienone is 2. The first-order chi connectivity index (χ1) is 18.5. The molecule has 2 aliphatic heterocycles. The Balaban J connectivity index is 1.35. The monoisotopic (exact) mass is 510 g/mol. The van der Waals surface area contributed by atoms with Crippen LogP contribution in [-0.2, 0) is 24.9 Å². The molecule has 0 atom stereocenters. The first-order valence-electron chi connectivity index (χ1n) is 13.7. The Bertz CT molecular complexity index is 1650. The number of Topliss-reactive ketones (excluding diaryl/α,β-unsaturated/α-hetero) is 1. The van der Waals surface area contributed by atoms with Crippen molar-refractivity contribution in [3.05, 3.63) is 71.3 Å². The second-order valence-corrected chi connectivity index (χ2v) is 10.9. The van der Waals surface area contributed by atoms with Gasteiger partial charge < -0.3 is 18.9 Å². The highest BCUT2D eigenvalue weighted by molar-refractivity contribution is 6.34. The molecule has 2 aromatic carbocycles. The number of aryl methyl sites for hydroxylation is 1. The molecule has 194 valence electrons. The van der Waals surface area contributed by atoms with Gasteiger partial charge >= 0.3 is 6.03 Å². The molecule has 1 saturated heterocycles. The maximum atomic E-state index is 15.1. The van der Waals surface area contributed by atoms with Crippen LogP contribution in [0, 0.1) is 5.82 Å². The fourth-order valence-electron chi connectivity index (χ4n) is 6.77. The fraction of sp³-hybridized carbons (Fsp3) is 0.355. The van der Waals surface area contributed by atoms with Crippen molar-refractivity contribution in [2.24, 2.45) is 7.05 Å². The van der Waals surface area contributed by atoms with E-state index in [4.69, 9.17) is 0 Å². The third-order valence-corrected chi connectivity index (χ3v) is 8.56. The van der Waals surface area contributed by atoms with E-state index < -0.39 is 0 Å². The average Bonchev–Trinajstić information content (AvgIpc) is 3.54. The number of halogens is 1. The summed E-state index contributed by atoms with van der Waals surface area (Å²) in [4.78, 5) is 30.4. The van der Waals surface area contributed by atoms with E-state index in [2.05, 4.69) is 27.5 Å². The number of para-hydroxylation sites is 1. The quantitative estimate of drug-likeness (QED) is 0.334. The predicted molar refractivity (Wildman–Crippen MR) is 147 cm³/mol. The minimum Gasteiger partial charge on any atom is -0.350 e. The fourth-order valence-corrected chi connectivity index (χ4v) is 6.77. The number of nitrogens with zero attached hydrogens (tertiary/aromatic N) is 4. The van der Waals surface area contributed by atoms with Crippen molar-refractivity contribution < 1.29 is 14.0 Å². The van der Waals surface area contributed by atoms with Gasteiger partial charge in [-0.1, -0.05) is 18.2 Å². The largest absolute Gasteiger partial charge is 0.350 e. The van der Waals surface area contributed by atoms with E-state index in [0.717, 1.165) is 75.6 Å². The third-order valence-electron chi connectivity index (χ3n) is 8.56. The van der Waals surface area contributed by atoms with E-state index >= 15 is 4.39 Å². The SMILES string of the molecule is Cn1cc(C2=C(c3cn4c5c(cc(F)cc35)CN(C(=O)N3CCCCC3)CC4)CCC2=O)c2ccccc21. The first-order valence-corrected chi connectivity index (χ1v) is 13.7. The zero-order valence-corrected chi connectivity index (χ0v) is 21.7. The molecule has 2 aromatic heterocycles. The lowest BCUT2D eigenvalue weighted by Gasteiger charge is -2.32. The summed E-state index contributed by atoms with van der Waals surface area (Å²) in [6, 6.07) is 11.4. The molecule has 0 saturated carbocycles. The molecular formula is C31H31FN4O2. The van der Waals surface area contributed by atoms with Gasteiger partial charge in [-0.05, 0) is 55.0 Å². The van der Waals surface area contributed by atoms with Gasteiger partial charge in [0.1, 0.15) is 5.82 Å². The minimum absolute atomic E-state index is 0.0513. The van der Waals surface area contributed by atoms with Crippen molar-refractivity contribution >= 4 is 44.8 Å². The number of fused-ring (bicyclic) bond motifs is 1. The standard InChI is InChI=1S/C31H31FN4O2/c1-33-18-26(22-7-3-4-8-27(22)33)29-23(9-10-28(29)37)25-19-35-13-14-36(31(38)34-11-5-2-6-12-34)17-20-15-21(32)16-24(25)30(20)35/h3-4,7-8,15-16,18-19H,2,5-6,9-14,17H2,1H3. The van der Waals surface area contributed by atoms with Crippen LogP contribution in [-0.4, -0.2) is 50.4 Å². The summed E-state index contributed by atoms with van der Waals surface area (Å²) in [5.74, 6) is -0.172. The number of piperidine rings is 1. The van der Waals surface area contributed by atoms with Gasteiger partial charge in [0.15, 0.2) is 5.78 Å². The number of hydrogen-bond acceptors (Lipinski definition) is 2. The zero-order chi connectivity index (χ0) is 26.0. The van der Waals surface area contributed by atoms with Crippen LogP contribution in [0.15, 0.2) is 48.8 Å². The summed E-state index contributed by atoms with van der Waals surface area (Å²) in [6.45, 7) is 3.19. The van der Waals surface area contributed by atoms with E-state index in [9.17, 15) is 9.59 Å². The van der Waals surface area contributed by atoms with Gasteiger partial charge in [0.25, 0.3) is 0 Å². The van der Waals surface area contributed by atoms with E-state index in [1.807, 2.05) is 35.2 Å². The molecule has 38 heavy (non-hydrogen) atoms. The number of rotatable bonds is 2.